The molecule has 0 aromatic rings. The van der Waals surface area contributed by atoms with Gasteiger partial charge in [0, 0.05) is 12.1 Å². The van der Waals surface area contributed by atoms with E-state index in [0.717, 1.165) is 12.8 Å². The summed E-state index contributed by atoms with van der Waals surface area (Å²) in [5.41, 5.74) is 0. The molecule has 2 atom stereocenters. The second kappa shape index (κ2) is 4.17. The van der Waals surface area contributed by atoms with Crippen molar-refractivity contribution in [3.8, 4) is 0 Å². The number of hydrogen-bond acceptors (Lipinski definition) is 2. The second-order valence-electron chi connectivity index (χ2n) is 3.59. The molecule has 0 aromatic carbocycles. The van der Waals surface area contributed by atoms with Gasteiger partial charge in [0.1, 0.15) is 0 Å². The Hall–Kier alpha value is -0.180. The van der Waals surface area contributed by atoms with Crippen molar-refractivity contribution < 1.29 is 4.79 Å². The minimum absolute atomic E-state index is 0.179. The third-order valence-electron chi connectivity index (χ3n) is 2.62. The molecule has 0 N–H and O–H groups in total. The largest absolute Gasteiger partial charge is 0.337 e. The van der Waals surface area contributed by atoms with Crippen LogP contribution in [-0.2, 0) is 4.79 Å². The molecular formula is C9H17NOS. The van der Waals surface area contributed by atoms with Crippen molar-refractivity contribution in [3.05, 3.63) is 0 Å². The molecule has 1 heterocycles. The fourth-order valence-electron chi connectivity index (χ4n) is 1.99. The van der Waals surface area contributed by atoms with Crippen LogP contribution in [-0.4, -0.2) is 28.6 Å². The minimum atomic E-state index is 0.179. The SMILES string of the molecule is C[C@@H]1CCC[C@H](C)N1C(=O)CS. The Morgan fingerprint density at radius 1 is 1.42 bits per heavy atom. The third-order valence-corrected chi connectivity index (χ3v) is 2.89. The molecular weight excluding hydrogens is 170 g/mol. The lowest BCUT2D eigenvalue weighted by Crippen LogP contribution is -2.48. The summed E-state index contributed by atoms with van der Waals surface area (Å²) in [6.45, 7) is 4.24. The summed E-state index contributed by atoms with van der Waals surface area (Å²) < 4.78 is 0. The zero-order valence-corrected chi connectivity index (χ0v) is 8.68. The van der Waals surface area contributed by atoms with Crippen LogP contribution in [0.3, 0.4) is 0 Å². The van der Waals surface area contributed by atoms with Crippen LogP contribution >= 0.6 is 12.6 Å². The van der Waals surface area contributed by atoms with Crippen LogP contribution < -0.4 is 0 Å². The van der Waals surface area contributed by atoms with Crippen molar-refractivity contribution in [1.82, 2.24) is 4.90 Å². The van der Waals surface area contributed by atoms with E-state index >= 15 is 0 Å². The van der Waals surface area contributed by atoms with Crippen LogP contribution in [0.1, 0.15) is 33.1 Å². The van der Waals surface area contributed by atoms with Gasteiger partial charge in [0.2, 0.25) is 5.91 Å². The lowest BCUT2D eigenvalue weighted by molar-refractivity contribution is -0.134. The van der Waals surface area contributed by atoms with Gasteiger partial charge in [-0.3, -0.25) is 4.79 Å². The van der Waals surface area contributed by atoms with E-state index in [4.69, 9.17) is 0 Å². The van der Waals surface area contributed by atoms with Gasteiger partial charge in [-0.25, -0.2) is 0 Å². The fourth-order valence-corrected chi connectivity index (χ4v) is 2.16. The maximum Gasteiger partial charge on any atom is 0.232 e. The topological polar surface area (TPSA) is 20.3 Å². The Balaban J connectivity index is 2.62. The third kappa shape index (κ3) is 1.94. The molecule has 3 heteroatoms. The van der Waals surface area contributed by atoms with Crippen molar-refractivity contribution >= 4 is 18.5 Å². The number of piperidine rings is 1. The van der Waals surface area contributed by atoms with Crippen molar-refractivity contribution in [3.63, 3.8) is 0 Å². The summed E-state index contributed by atoms with van der Waals surface area (Å²) in [6, 6.07) is 0.821. The van der Waals surface area contributed by atoms with Gasteiger partial charge in [0.05, 0.1) is 5.75 Å². The van der Waals surface area contributed by atoms with Gasteiger partial charge in [0.25, 0.3) is 0 Å². The highest BCUT2D eigenvalue weighted by Gasteiger charge is 2.27. The standard InChI is InChI=1S/C9H17NOS/c1-7-4-3-5-8(2)10(7)9(11)6-12/h7-8,12H,3-6H2,1-2H3/t7-,8+. The normalized spacial score (nSPS) is 30.4. The van der Waals surface area contributed by atoms with Crippen LogP contribution in [0.4, 0.5) is 0 Å². The van der Waals surface area contributed by atoms with E-state index in [9.17, 15) is 4.79 Å². The summed E-state index contributed by atoms with van der Waals surface area (Å²) in [5, 5.41) is 0. The van der Waals surface area contributed by atoms with Gasteiger partial charge >= 0.3 is 0 Å². The first-order valence-electron chi connectivity index (χ1n) is 4.59. The average molecular weight is 187 g/mol. The van der Waals surface area contributed by atoms with Crippen molar-refractivity contribution in [2.45, 2.75) is 45.2 Å². The molecule has 0 saturated carbocycles. The second-order valence-corrected chi connectivity index (χ2v) is 3.90. The van der Waals surface area contributed by atoms with Gasteiger partial charge in [-0.2, -0.15) is 12.6 Å². The predicted molar refractivity (Wildman–Crippen MR) is 53.5 cm³/mol. The first kappa shape index (κ1) is 9.90. The number of likely N-dealkylation sites (tertiary alicyclic amines) is 1. The smallest absolute Gasteiger partial charge is 0.232 e. The Kier molecular flexibility index (Phi) is 3.44. The summed E-state index contributed by atoms with van der Waals surface area (Å²) in [6.07, 6.45) is 3.53. The fraction of sp³-hybridized carbons (Fsp3) is 0.889. The first-order chi connectivity index (χ1) is 5.66. The maximum atomic E-state index is 11.4. The number of amides is 1. The van der Waals surface area contributed by atoms with Crippen LogP contribution in [0.5, 0.6) is 0 Å². The first-order valence-corrected chi connectivity index (χ1v) is 5.22. The molecule has 1 saturated heterocycles. The van der Waals surface area contributed by atoms with Gasteiger partial charge in [-0.05, 0) is 33.1 Å². The predicted octanol–water partition coefficient (Wildman–Crippen LogP) is 1.71. The number of nitrogens with zero attached hydrogens (tertiary/aromatic N) is 1. The quantitative estimate of drug-likeness (QED) is 0.620. The molecule has 70 valence electrons. The van der Waals surface area contributed by atoms with E-state index in [1.54, 1.807) is 0 Å². The highest BCUT2D eigenvalue weighted by atomic mass is 32.1. The molecule has 1 rings (SSSR count). The lowest BCUT2D eigenvalue weighted by atomic mass is 9.98. The van der Waals surface area contributed by atoms with E-state index in [-0.39, 0.29) is 5.91 Å². The Labute approximate surface area is 79.7 Å². The van der Waals surface area contributed by atoms with Crippen LogP contribution in [0.15, 0.2) is 0 Å². The van der Waals surface area contributed by atoms with Crippen LogP contribution in [0.25, 0.3) is 0 Å². The van der Waals surface area contributed by atoms with Gasteiger partial charge < -0.3 is 4.90 Å². The number of thiol groups is 1. The minimum Gasteiger partial charge on any atom is -0.337 e. The molecule has 2 nitrogen and oxygen atoms in total. The number of hydrogen-bond donors (Lipinski definition) is 1. The Bertz CT molecular complexity index is 162. The van der Waals surface area contributed by atoms with E-state index in [1.807, 2.05) is 4.90 Å². The maximum absolute atomic E-state index is 11.4. The molecule has 0 aliphatic carbocycles. The van der Waals surface area contributed by atoms with E-state index in [0.29, 0.717) is 17.8 Å². The molecule has 0 radical (unpaired) electrons. The van der Waals surface area contributed by atoms with Crippen molar-refractivity contribution in [1.29, 1.82) is 0 Å². The summed E-state index contributed by atoms with van der Waals surface area (Å²) >= 11 is 4.02. The van der Waals surface area contributed by atoms with Crippen molar-refractivity contribution in [2.75, 3.05) is 5.75 Å². The zero-order chi connectivity index (χ0) is 9.14. The van der Waals surface area contributed by atoms with Crippen LogP contribution in [0.2, 0.25) is 0 Å². The highest BCUT2D eigenvalue weighted by Crippen LogP contribution is 2.22. The summed E-state index contributed by atoms with van der Waals surface area (Å²) in [5.74, 6) is 0.521. The molecule has 0 spiro atoms. The Morgan fingerprint density at radius 3 is 2.33 bits per heavy atom. The van der Waals surface area contributed by atoms with E-state index in [2.05, 4.69) is 26.5 Å². The molecule has 1 aliphatic rings. The molecule has 0 unspecified atom stereocenters. The zero-order valence-electron chi connectivity index (χ0n) is 7.79. The number of carbonyl (C=O) groups excluding carboxylic acids is 1. The average Bonchev–Trinajstić information content (AvgIpc) is 2.03. The number of carbonyl (C=O) groups is 1. The van der Waals surface area contributed by atoms with E-state index in [1.165, 1.54) is 6.42 Å². The van der Waals surface area contributed by atoms with Crippen molar-refractivity contribution in [2.24, 2.45) is 0 Å². The van der Waals surface area contributed by atoms with E-state index < -0.39 is 0 Å². The molecule has 1 amide bonds. The summed E-state index contributed by atoms with van der Waals surface area (Å²) in [7, 11) is 0. The lowest BCUT2D eigenvalue weighted by Gasteiger charge is -2.38. The summed E-state index contributed by atoms with van der Waals surface area (Å²) in [4.78, 5) is 13.4. The molecule has 1 fully saturated rings. The number of rotatable bonds is 1. The molecule has 1 aliphatic heterocycles. The monoisotopic (exact) mass is 187 g/mol. The highest BCUT2D eigenvalue weighted by molar-refractivity contribution is 7.81. The molecule has 12 heavy (non-hydrogen) atoms. The molecule has 0 aromatic heterocycles. The van der Waals surface area contributed by atoms with Gasteiger partial charge in [-0.1, -0.05) is 0 Å². The van der Waals surface area contributed by atoms with Gasteiger partial charge in [0.15, 0.2) is 0 Å². The van der Waals surface area contributed by atoms with Gasteiger partial charge in [-0.15, -0.1) is 0 Å². The Morgan fingerprint density at radius 2 is 1.92 bits per heavy atom. The molecule has 0 bridgehead atoms. The van der Waals surface area contributed by atoms with Crippen LogP contribution in [0, 0.1) is 0 Å².